The van der Waals surface area contributed by atoms with Crippen LogP contribution < -0.4 is 0 Å². The molecule has 11 nitrogen and oxygen atoms in total. The Labute approximate surface area is 455 Å². The molecule has 0 saturated heterocycles. The number of rotatable bonds is 59. The summed E-state index contributed by atoms with van der Waals surface area (Å²) in [7, 11) is -4.74. The van der Waals surface area contributed by atoms with E-state index in [0.29, 0.717) is 19.3 Å². The topological polar surface area (TPSA) is 155 Å². The van der Waals surface area contributed by atoms with Gasteiger partial charge < -0.3 is 24.2 Å². The number of carbonyl (C=O) groups excluding carboxylic acids is 3. The molecule has 74 heavy (non-hydrogen) atoms. The van der Waals surface area contributed by atoms with Crippen molar-refractivity contribution in [2.75, 3.05) is 26.4 Å². The van der Waals surface area contributed by atoms with E-state index >= 15 is 0 Å². The fourth-order valence-electron chi connectivity index (χ4n) is 9.10. The molecule has 0 bridgehead atoms. The molecule has 0 amide bonds. The second-order valence-corrected chi connectivity index (χ2v) is 22.7. The normalized spacial score (nSPS) is 13.4. The lowest BCUT2D eigenvalue weighted by Gasteiger charge is -2.21. The van der Waals surface area contributed by atoms with Gasteiger partial charge in [-0.2, -0.15) is 0 Å². The Balaban J connectivity index is 4.63. The highest BCUT2D eigenvalue weighted by atomic mass is 31.2. The smallest absolute Gasteiger partial charge is 0.462 e. The van der Waals surface area contributed by atoms with Crippen molar-refractivity contribution in [2.45, 2.75) is 328 Å². The van der Waals surface area contributed by atoms with Crippen molar-refractivity contribution < 1.29 is 52.2 Å². The van der Waals surface area contributed by atoms with Crippen molar-refractivity contribution in [2.24, 2.45) is 0 Å². The highest BCUT2D eigenvalue weighted by Gasteiger charge is 2.28. The van der Waals surface area contributed by atoms with Gasteiger partial charge in [-0.15, -0.1) is 0 Å². The number of carbonyl (C=O) groups is 3. The molecule has 0 fully saturated rings. The van der Waals surface area contributed by atoms with Gasteiger partial charge in [-0.3, -0.25) is 23.4 Å². The first kappa shape index (κ1) is 72.0. The predicted molar refractivity (Wildman–Crippen MR) is 307 cm³/mol. The highest BCUT2D eigenvalue weighted by Crippen LogP contribution is 2.43. The zero-order valence-corrected chi connectivity index (χ0v) is 49.2. The van der Waals surface area contributed by atoms with Crippen molar-refractivity contribution in [3.63, 3.8) is 0 Å². The Morgan fingerprint density at radius 2 is 0.662 bits per heavy atom. The molecule has 0 aliphatic rings. The molecule has 0 spiro atoms. The lowest BCUT2D eigenvalue weighted by Crippen LogP contribution is -2.30. The number of unbranched alkanes of at least 4 members (excludes halogenated alkanes) is 38. The van der Waals surface area contributed by atoms with Crippen LogP contribution in [0.15, 0.2) is 24.3 Å². The number of aliphatic hydroxyl groups excluding tert-OH is 1. The van der Waals surface area contributed by atoms with E-state index in [2.05, 4.69) is 45.1 Å². The summed E-state index contributed by atoms with van der Waals surface area (Å²) >= 11 is 0. The number of hydrogen-bond donors (Lipinski definition) is 2. The summed E-state index contributed by atoms with van der Waals surface area (Å²) in [6, 6.07) is 0. The van der Waals surface area contributed by atoms with E-state index in [-0.39, 0.29) is 25.9 Å². The molecule has 0 aliphatic carbocycles. The van der Waals surface area contributed by atoms with Gasteiger partial charge in [0.25, 0.3) is 0 Å². The fourth-order valence-corrected chi connectivity index (χ4v) is 9.88. The van der Waals surface area contributed by atoms with E-state index in [1.807, 2.05) is 0 Å². The maximum absolute atomic E-state index is 12.9. The van der Waals surface area contributed by atoms with Crippen molar-refractivity contribution in [1.29, 1.82) is 0 Å². The molecular weight excluding hydrogens is 952 g/mol. The van der Waals surface area contributed by atoms with Crippen LogP contribution in [0.3, 0.4) is 0 Å². The largest absolute Gasteiger partial charge is 0.472 e. The maximum atomic E-state index is 12.9. The molecule has 3 unspecified atom stereocenters. The summed E-state index contributed by atoms with van der Waals surface area (Å²) in [6.45, 7) is 4.66. The molecule has 3 atom stereocenters. The van der Waals surface area contributed by atoms with Crippen LogP contribution >= 0.6 is 7.82 Å². The first-order valence-corrected chi connectivity index (χ1v) is 32.7. The molecule has 0 aromatic carbocycles. The SMILES string of the molecule is CCCCC/C=C\C/C=C\CCCCCCCCCCCC(=O)OC(COC(=O)CCCCCCCCCCCCCCCCCCCCC)COP(=O)(O)OCC(CO)OC(=O)CCCCCCCCCCC. The molecule has 2 N–H and O–H groups in total. The minimum Gasteiger partial charge on any atom is -0.462 e. The number of hydrogen-bond acceptors (Lipinski definition) is 10. The van der Waals surface area contributed by atoms with Crippen LogP contribution in [0.25, 0.3) is 0 Å². The monoisotopic (exact) mass is 1070 g/mol. The average molecular weight is 1070 g/mol. The summed E-state index contributed by atoms with van der Waals surface area (Å²) in [5, 5.41) is 9.79. The molecule has 12 heteroatoms. The summed E-state index contributed by atoms with van der Waals surface area (Å²) in [4.78, 5) is 48.6. The third-order valence-electron chi connectivity index (χ3n) is 13.9. The third kappa shape index (κ3) is 54.7. The number of ether oxygens (including phenoxy) is 3. The van der Waals surface area contributed by atoms with E-state index in [1.165, 1.54) is 186 Å². The molecular formula is C62H117O11P. The molecule has 0 aromatic heterocycles. The predicted octanol–water partition coefficient (Wildman–Crippen LogP) is 18.6. The van der Waals surface area contributed by atoms with E-state index in [9.17, 15) is 28.9 Å². The Bertz CT molecular complexity index is 1340. The first-order valence-electron chi connectivity index (χ1n) is 31.2. The fraction of sp³-hybridized carbons (Fsp3) is 0.887. The Morgan fingerprint density at radius 3 is 1.03 bits per heavy atom. The zero-order chi connectivity index (χ0) is 54.1. The van der Waals surface area contributed by atoms with Crippen LogP contribution in [0.4, 0.5) is 0 Å². The van der Waals surface area contributed by atoms with Gasteiger partial charge in [0.2, 0.25) is 0 Å². The van der Waals surface area contributed by atoms with Gasteiger partial charge in [0.15, 0.2) is 6.10 Å². The van der Waals surface area contributed by atoms with E-state index in [0.717, 1.165) is 70.6 Å². The lowest BCUT2D eigenvalue weighted by molar-refractivity contribution is -0.161. The summed E-state index contributed by atoms with van der Waals surface area (Å²) in [5.74, 6) is -1.44. The van der Waals surface area contributed by atoms with Crippen LogP contribution in [-0.4, -0.2) is 66.5 Å². The molecule has 0 heterocycles. The van der Waals surface area contributed by atoms with Gasteiger partial charge in [0.05, 0.1) is 19.8 Å². The molecule has 0 radical (unpaired) electrons. The van der Waals surface area contributed by atoms with E-state index in [1.54, 1.807) is 0 Å². The first-order chi connectivity index (χ1) is 36.2. The Morgan fingerprint density at radius 1 is 0.378 bits per heavy atom. The summed E-state index contributed by atoms with van der Waals surface area (Å²) in [5.41, 5.74) is 0. The van der Waals surface area contributed by atoms with Crippen LogP contribution in [0.5, 0.6) is 0 Å². The van der Waals surface area contributed by atoms with Crippen molar-refractivity contribution in [3.8, 4) is 0 Å². The second-order valence-electron chi connectivity index (χ2n) is 21.2. The number of esters is 3. The number of phosphoric ester groups is 1. The molecule has 0 rings (SSSR count). The van der Waals surface area contributed by atoms with E-state index < -0.39 is 57.8 Å². The minimum atomic E-state index is -4.74. The van der Waals surface area contributed by atoms with Gasteiger partial charge in [-0.05, 0) is 51.4 Å². The summed E-state index contributed by atoms with van der Waals surface area (Å²) < 4.78 is 39.6. The van der Waals surface area contributed by atoms with Crippen molar-refractivity contribution in [3.05, 3.63) is 24.3 Å². The zero-order valence-electron chi connectivity index (χ0n) is 48.3. The quantitative estimate of drug-likeness (QED) is 0.0197. The van der Waals surface area contributed by atoms with Crippen LogP contribution in [-0.2, 0) is 42.2 Å². The average Bonchev–Trinajstić information content (AvgIpc) is 3.39. The van der Waals surface area contributed by atoms with Gasteiger partial charge in [-0.1, -0.05) is 270 Å². The van der Waals surface area contributed by atoms with Crippen molar-refractivity contribution in [1.82, 2.24) is 0 Å². The lowest BCUT2D eigenvalue weighted by atomic mass is 10.0. The van der Waals surface area contributed by atoms with Crippen LogP contribution in [0, 0.1) is 0 Å². The van der Waals surface area contributed by atoms with Crippen LogP contribution in [0.2, 0.25) is 0 Å². The number of aliphatic hydroxyl groups is 1. The minimum absolute atomic E-state index is 0.169. The number of allylic oxidation sites excluding steroid dienone is 4. The molecule has 0 aliphatic heterocycles. The van der Waals surface area contributed by atoms with Crippen LogP contribution in [0.1, 0.15) is 316 Å². The molecule has 0 aromatic rings. The van der Waals surface area contributed by atoms with Crippen molar-refractivity contribution >= 4 is 25.7 Å². The Hall–Kier alpha value is -2.04. The maximum Gasteiger partial charge on any atom is 0.472 e. The van der Waals surface area contributed by atoms with Gasteiger partial charge in [0, 0.05) is 19.3 Å². The van der Waals surface area contributed by atoms with Gasteiger partial charge in [-0.25, -0.2) is 4.57 Å². The second kappa shape index (κ2) is 57.1. The van der Waals surface area contributed by atoms with Gasteiger partial charge in [0.1, 0.15) is 12.7 Å². The number of phosphoric acid groups is 1. The summed E-state index contributed by atoms with van der Waals surface area (Å²) in [6.07, 6.45) is 58.6. The van der Waals surface area contributed by atoms with E-state index in [4.69, 9.17) is 23.3 Å². The molecule has 0 saturated carbocycles. The third-order valence-corrected chi connectivity index (χ3v) is 14.8. The van der Waals surface area contributed by atoms with Gasteiger partial charge >= 0.3 is 25.7 Å². The Kier molecular flexibility index (Phi) is 55.6. The molecule has 436 valence electrons. The highest BCUT2D eigenvalue weighted by molar-refractivity contribution is 7.47. The standard InChI is InChI=1S/C62H117O11P/c1-4-7-10-13-16-19-21-23-25-27-29-31-33-35-37-40-42-45-48-51-60(64)69-55-59(57-71-74(67,68)70-56-58(54-63)72-61(65)52-49-46-43-39-18-15-12-9-6-3)73-62(66)53-50-47-44-41-38-36-34-32-30-28-26-24-22-20-17-14-11-8-5-2/h17,20,24,26,58-59,63H,4-16,18-19,21-23,25,27-57H2,1-3H3,(H,67,68)/b20-17-,26-24-.